The normalized spacial score (nSPS) is 14.5. The van der Waals surface area contributed by atoms with Gasteiger partial charge in [-0.25, -0.2) is 9.97 Å². The lowest BCUT2D eigenvalue weighted by Crippen LogP contribution is -2.25. The van der Waals surface area contributed by atoms with Crippen LogP contribution in [0.3, 0.4) is 0 Å². The molecule has 1 amide bonds. The molecule has 0 unspecified atom stereocenters. The summed E-state index contributed by atoms with van der Waals surface area (Å²) >= 11 is 0. The van der Waals surface area contributed by atoms with Crippen molar-refractivity contribution in [2.45, 2.75) is 51.9 Å². The Hall–Kier alpha value is -3.94. The summed E-state index contributed by atoms with van der Waals surface area (Å²) in [6, 6.07) is 9.66. The van der Waals surface area contributed by atoms with Crippen molar-refractivity contribution in [3.05, 3.63) is 70.5 Å². The molecule has 2 aromatic heterocycles. The molecule has 5 rings (SSSR count). The van der Waals surface area contributed by atoms with Gasteiger partial charge in [-0.2, -0.15) is 0 Å². The van der Waals surface area contributed by atoms with Gasteiger partial charge in [0.2, 0.25) is 0 Å². The molecule has 3 aromatic rings. The quantitative estimate of drug-likeness (QED) is 0.477. The second-order valence-corrected chi connectivity index (χ2v) is 9.55. The predicted octanol–water partition coefficient (Wildman–Crippen LogP) is 4.74. The molecule has 0 radical (unpaired) electrons. The van der Waals surface area contributed by atoms with Crippen LogP contribution in [0.2, 0.25) is 0 Å². The first-order chi connectivity index (χ1) is 18.0. The molecule has 2 aliphatic rings. The second-order valence-electron chi connectivity index (χ2n) is 9.55. The minimum Gasteiger partial charge on any atom is -0.493 e. The summed E-state index contributed by atoms with van der Waals surface area (Å²) < 4.78 is 6.24. The fraction of sp³-hybridized carbons (Fsp3) is 0.379. The van der Waals surface area contributed by atoms with Crippen molar-refractivity contribution >= 4 is 29.2 Å². The van der Waals surface area contributed by atoms with E-state index in [2.05, 4.69) is 4.98 Å². The Balaban J connectivity index is 1.34. The third-order valence-corrected chi connectivity index (χ3v) is 7.26. The highest BCUT2D eigenvalue weighted by molar-refractivity contribution is 6.12. The summed E-state index contributed by atoms with van der Waals surface area (Å²) in [4.78, 5) is 37.3. The zero-order valence-corrected chi connectivity index (χ0v) is 21.4. The Labute approximate surface area is 216 Å². The van der Waals surface area contributed by atoms with Gasteiger partial charge in [-0.05, 0) is 85.5 Å². The number of carbonyl (C=O) groups is 2. The van der Waals surface area contributed by atoms with Crippen LogP contribution >= 0.6 is 0 Å². The highest BCUT2D eigenvalue weighted by Gasteiger charge is 2.30. The number of fused-ring (bicyclic) bond motifs is 3. The number of anilines is 3. The zero-order valence-electron chi connectivity index (χ0n) is 21.4. The van der Waals surface area contributed by atoms with Crippen molar-refractivity contribution in [1.82, 2.24) is 9.97 Å². The van der Waals surface area contributed by atoms with Gasteiger partial charge < -0.3 is 19.6 Å². The number of pyridine rings is 2. The summed E-state index contributed by atoms with van der Waals surface area (Å²) in [7, 11) is 1.77. The number of carboxylic acids is 1. The van der Waals surface area contributed by atoms with Crippen molar-refractivity contribution in [3.8, 4) is 5.75 Å². The van der Waals surface area contributed by atoms with Crippen molar-refractivity contribution in [2.24, 2.45) is 0 Å². The van der Waals surface area contributed by atoms with E-state index in [0.29, 0.717) is 37.4 Å². The number of nitrogens with zero attached hydrogens (tertiary/aromatic N) is 4. The summed E-state index contributed by atoms with van der Waals surface area (Å²) in [6.07, 6.45) is 9.01. The van der Waals surface area contributed by atoms with Gasteiger partial charge >= 0.3 is 5.97 Å². The number of benzene rings is 1. The summed E-state index contributed by atoms with van der Waals surface area (Å²) in [5.41, 5.74) is 5.85. The van der Waals surface area contributed by atoms with Crippen molar-refractivity contribution in [1.29, 1.82) is 0 Å². The smallest absolute Gasteiger partial charge is 0.303 e. The van der Waals surface area contributed by atoms with E-state index < -0.39 is 5.97 Å². The minimum absolute atomic E-state index is 0.110. The molecule has 0 saturated heterocycles. The molecule has 37 heavy (non-hydrogen) atoms. The van der Waals surface area contributed by atoms with Gasteiger partial charge in [-0.3, -0.25) is 9.59 Å². The van der Waals surface area contributed by atoms with E-state index in [-0.39, 0.29) is 12.3 Å². The van der Waals surface area contributed by atoms with Crippen LogP contribution in [0, 0.1) is 0 Å². The van der Waals surface area contributed by atoms with Gasteiger partial charge in [0.25, 0.3) is 5.91 Å². The molecular formula is C29H32N4O4. The Morgan fingerprint density at radius 2 is 1.89 bits per heavy atom. The van der Waals surface area contributed by atoms with E-state index in [1.54, 1.807) is 18.1 Å². The molecule has 0 atom stereocenters. The third kappa shape index (κ3) is 4.88. The number of aromatic nitrogens is 2. The van der Waals surface area contributed by atoms with Crippen LogP contribution in [0.25, 0.3) is 0 Å². The largest absolute Gasteiger partial charge is 0.493 e. The molecule has 0 saturated carbocycles. The number of carbonyl (C=O) groups excluding carboxylic acids is 1. The molecule has 1 aliphatic heterocycles. The highest BCUT2D eigenvalue weighted by atomic mass is 16.5. The van der Waals surface area contributed by atoms with Crippen molar-refractivity contribution in [2.75, 3.05) is 30.0 Å². The molecule has 192 valence electrons. The van der Waals surface area contributed by atoms with Crippen LogP contribution in [0.5, 0.6) is 5.75 Å². The number of hydrogen-bond donors (Lipinski definition) is 1. The standard InChI is InChI=1S/C29H32N4O4/c1-3-33-27-23(29(36)32(2)24-9-6-15-30-28(24)33)17-19(18-31-27)14-16-37-25-12-10-20(11-13-26(34)35)21-7-4-5-8-22(21)25/h6,9-10,12,15,17-18H,3-5,7-8,11,13-14,16H2,1-2H3,(H,34,35). The number of hydrogen-bond acceptors (Lipinski definition) is 6. The van der Waals surface area contributed by atoms with E-state index >= 15 is 0 Å². The van der Waals surface area contributed by atoms with E-state index in [1.807, 2.05) is 48.4 Å². The maximum atomic E-state index is 13.4. The molecular weight excluding hydrogens is 468 g/mol. The Morgan fingerprint density at radius 3 is 2.68 bits per heavy atom. The van der Waals surface area contributed by atoms with Crippen LogP contribution in [0.15, 0.2) is 42.7 Å². The maximum Gasteiger partial charge on any atom is 0.303 e. The molecule has 1 aromatic carbocycles. The molecule has 0 bridgehead atoms. The topological polar surface area (TPSA) is 95.9 Å². The van der Waals surface area contributed by atoms with Gasteiger partial charge in [0.05, 0.1) is 17.9 Å². The number of ether oxygens (including phenoxy) is 1. The lowest BCUT2D eigenvalue weighted by atomic mass is 9.86. The Bertz CT molecular complexity index is 1340. The monoisotopic (exact) mass is 500 g/mol. The molecule has 0 fully saturated rings. The first-order valence-electron chi connectivity index (χ1n) is 13.0. The van der Waals surface area contributed by atoms with Crippen LogP contribution in [0.1, 0.15) is 58.8 Å². The summed E-state index contributed by atoms with van der Waals surface area (Å²) in [5, 5.41) is 9.09. The first-order valence-corrected chi connectivity index (χ1v) is 13.0. The van der Waals surface area contributed by atoms with Crippen LogP contribution < -0.4 is 14.5 Å². The number of rotatable bonds is 8. The number of aliphatic carboxylic acids is 1. The summed E-state index contributed by atoms with van der Waals surface area (Å²) in [5.74, 6) is 1.34. The number of amides is 1. The van der Waals surface area contributed by atoms with E-state index in [9.17, 15) is 9.59 Å². The molecule has 0 spiro atoms. The lowest BCUT2D eigenvalue weighted by Gasteiger charge is -2.23. The maximum absolute atomic E-state index is 13.4. The van der Waals surface area contributed by atoms with E-state index in [4.69, 9.17) is 14.8 Å². The Kier molecular flexibility index (Phi) is 7.08. The summed E-state index contributed by atoms with van der Waals surface area (Å²) in [6.45, 7) is 3.13. The van der Waals surface area contributed by atoms with Gasteiger partial charge in [-0.15, -0.1) is 0 Å². The van der Waals surface area contributed by atoms with Crippen molar-refractivity contribution in [3.63, 3.8) is 0 Å². The predicted molar refractivity (Wildman–Crippen MR) is 142 cm³/mol. The number of aryl methyl sites for hydroxylation is 1. The van der Waals surface area contributed by atoms with Crippen LogP contribution in [0.4, 0.5) is 17.3 Å². The van der Waals surface area contributed by atoms with Crippen molar-refractivity contribution < 1.29 is 19.4 Å². The first kappa shape index (κ1) is 24.7. The van der Waals surface area contributed by atoms with Gasteiger partial charge in [-0.1, -0.05) is 6.07 Å². The highest BCUT2D eigenvalue weighted by Crippen LogP contribution is 2.37. The Morgan fingerprint density at radius 1 is 1.08 bits per heavy atom. The fourth-order valence-corrected chi connectivity index (χ4v) is 5.36. The molecule has 1 N–H and O–H groups in total. The zero-order chi connectivity index (χ0) is 25.9. The van der Waals surface area contributed by atoms with Gasteiger partial charge in [0.1, 0.15) is 11.6 Å². The average molecular weight is 501 g/mol. The number of carboxylic acid groups (broad SMARTS) is 1. The van der Waals surface area contributed by atoms with Gasteiger partial charge in [0.15, 0.2) is 5.82 Å². The molecule has 1 aliphatic carbocycles. The van der Waals surface area contributed by atoms with Crippen LogP contribution in [-0.2, 0) is 30.5 Å². The lowest BCUT2D eigenvalue weighted by molar-refractivity contribution is -0.136. The average Bonchev–Trinajstić information content (AvgIpc) is 3.00. The third-order valence-electron chi connectivity index (χ3n) is 7.26. The van der Waals surface area contributed by atoms with E-state index in [1.165, 1.54) is 11.1 Å². The van der Waals surface area contributed by atoms with Gasteiger partial charge in [0, 0.05) is 38.8 Å². The van der Waals surface area contributed by atoms with E-state index in [0.717, 1.165) is 54.1 Å². The SMILES string of the molecule is CCN1c2ncc(CCOc3ccc(CCC(=O)O)c4c3CCCC4)cc2C(=O)N(C)c2cccnc21. The van der Waals surface area contributed by atoms with Crippen LogP contribution in [-0.4, -0.2) is 47.2 Å². The fourth-order valence-electron chi connectivity index (χ4n) is 5.36. The molecule has 8 heteroatoms. The molecule has 3 heterocycles. The minimum atomic E-state index is -0.772. The molecule has 8 nitrogen and oxygen atoms in total. The second kappa shape index (κ2) is 10.6.